The third kappa shape index (κ3) is 22.5. The number of cyclic esters (lactones) is 2. The topological polar surface area (TPSA) is 262 Å². The number of hydrogen-bond donors (Lipinski definition) is 2. The van der Waals surface area contributed by atoms with Crippen molar-refractivity contribution in [1.82, 2.24) is 24.9 Å². The van der Waals surface area contributed by atoms with Gasteiger partial charge in [0, 0.05) is 84.0 Å². The molecule has 2 fully saturated rings. The van der Waals surface area contributed by atoms with E-state index in [1.165, 1.54) is 59.8 Å². The van der Waals surface area contributed by atoms with Gasteiger partial charge >= 0.3 is 11.9 Å². The molecular weight excluding hydrogens is 1260 g/mol. The number of ether oxygens (including phenoxy) is 4. The molecule has 3 aliphatic rings. The van der Waals surface area contributed by atoms with Crippen LogP contribution in [0.5, 0.6) is 11.5 Å². The van der Waals surface area contributed by atoms with Crippen LogP contribution in [-0.2, 0) is 81.5 Å². The number of Topliss-reactive ketones (excluding diaryl/α,β-unsaturated/α-hetero) is 3. The minimum atomic E-state index is -1.52. The number of carbonyl (C=O) groups excluding carboxylic acids is 11. The van der Waals surface area contributed by atoms with Gasteiger partial charge < -0.3 is 49.2 Å². The van der Waals surface area contributed by atoms with E-state index < -0.39 is 101 Å². The Morgan fingerprint density at radius 2 is 1.38 bits per heavy atom. The molecule has 534 valence electrons. The van der Waals surface area contributed by atoms with Crippen molar-refractivity contribution >= 4 is 70.4 Å². The zero-order chi connectivity index (χ0) is 71.8. The van der Waals surface area contributed by atoms with Gasteiger partial charge in [-0.05, 0) is 136 Å². The van der Waals surface area contributed by atoms with Gasteiger partial charge in [0.1, 0.15) is 48.4 Å². The SMILES string of the molecule is CCCCCCCC(=O)Cc1ccc(C[C@@H]2NC(=O)[C@H](c3ccccc3)CC(=O)CCC(=O)Nc3cccc(c3)[C@@H](CCc3ccc(OC)c(OC)c3)OC(=O)[C@@H]3CCCCN3C(=O)C(=O)C(C)(C)COC(=O)C=CCCN(C)C(=O)[C@H](CC(C)C)N(C)C(=O)[C@H]3CCCN3C2=O)cc1. The lowest BCUT2D eigenvalue weighted by molar-refractivity contribution is -0.165. The summed E-state index contributed by atoms with van der Waals surface area (Å²) in [5.41, 5.74) is 2.11. The summed E-state index contributed by atoms with van der Waals surface area (Å²) in [6.45, 7) is 8.91. The first kappa shape index (κ1) is 77.3. The van der Waals surface area contributed by atoms with Gasteiger partial charge in [-0.3, -0.25) is 43.2 Å². The maximum atomic E-state index is 15.3. The molecule has 0 aliphatic carbocycles. The summed E-state index contributed by atoms with van der Waals surface area (Å²) in [6, 6.07) is 23.9. The van der Waals surface area contributed by atoms with Crippen LogP contribution < -0.4 is 20.1 Å². The monoisotopic (exact) mass is 1360 g/mol. The van der Waals surface area contributed by atoms with Gasteiger partial charge in [0.05, 0.1) is 25.6 Å². The summed E-state index contributed by atoms with van der Waals surface area (Å²) < 4.78 is 22.9. The number of nitrogens with zero attached hydrogens (tertiary/aromatic N) is 4. The van der Waals surface area contributed by atoms with E-state index in [1.807, 2.05) is 50.2 Å². The molecule has 0 radical (unpaired) electrons. The Hall–Kier alpha value is -9.01. The predicted octanol–water partition coefficient (Wildman–Crippen LogP) is 10.4. The maximum Gasteiger partial charge on any atom is 0.330 e. The second kappa shape index (κ2) is 37.8. The molecule has 6 atom stereocenters. The number of rotatable bonds is 18. The number of ketones is 3. The normalized spacial score (nSPS) is 21.9. The number of likely N-dealkylation sites (N-methyl/N-ethyl adjacent to an activating group) is 2. The molecule has 4 aromatic carbocycles. The van der Waals surface area contributed by atoms with Crippen LogP contribution in [0.3, 0.4) is 0 Å². The molecule has 99 heavy (non-hydrogen) atoms. The zero-order valence-corrected chi connectivity index (χ0v) is 59.3. The molecule has 3 heterocycles. The third-order valence-corrected chi connectivity index (χ3v) is 18.9. The molecule has 0 spiro atoms. The fraction of sp³-hybridized carbons (Fsp3) is 0.526. The van der Waals surface area contributed by atoms with Crippen molar-refractivity contribution in [3.05, 3.63) is 137 Å². The lowest BCUT2D eigenvalue weighted by atomic mass is 9.87. The summed E-state index contributed by atoms with van der Waals surface area (Å²) in [4.78, 5) is 163. The Balaban J connectivity index is 1.20. The van der Waals surface area contributed by atoms with E-state index in [1.54, 1.807) is 74.8 Å². The van der Waals surface area contributed by atoms with Crippen LogP contribution in [0.25, 0.3) is 0 Å². The summed E-state index contributed by atoms with van der Waals surface area (Å²) in [5, 5.41) is 5.90. The number of aryl methyl sites for hydroxylation is 1. The molecule has 7 rings (SSSR count). The highest BCUT2D eigenvalue weighted by molar-refractivity contribution is 6.38. The predicted molar refractivity (Wildman–Crippen MR) is 375 cm³/mol. The molecule has 21 nitrogen and oxygen atoms in total. The number of carbonyl (C=O) groups is 11. The van der Waals surface area contributed by atoms with Crippen molar-refractivity contribution < 1.29 is 71.7 Å². The number of unbranched alkanes of at least 4 members (excludes halogenated alkanes) is 4. The second-order valence-electron chi connectivity index (χ2n) is 27.6. The number of piperidine rings is 1. The van der Waals surface area contributed by atoms with Gasteiger partial charge in [-0.1, -0.05) is 125 Å². The van der Waals surface area contributed by atoms with Crippen molar-refractivity contribution in [1.29, 1.82) is 0 Å². The van der Waals surface area contributed by atoms with E-state index in [4.69, 9.17) is 18.9 Å². The van der Waals surface area contributed by atoms with Crippen LogP contribution >= 0.6 is 0 Å². The Labute approximate surface area is 583 Å². The lowest BCUT2D eigenvalue weighted by Crippen LogP contribution is -2.57. The lowest BCUT2D eigenvalue weighted by Gasteiger charge is -2.36. The molecule has 21 heteroatoms. The smallest absolute Gasteiger partial charge is 0.330 e. The molecule has 0 aromatic heterocycles. The fourth-order valence-electron chi connectivity index (χ4n) is 13.0. The Kier molecular flexibility index (Phi) is 29.5. The number of anilines is 1. The molecule has 0 unspecified atom stereocenters. The number of nitrogens with one attached hydrogen (secondary N) is 2. The van der Waals surface area contributed by atoms with Crippen LogP contribution in [0.4, 0.5) is 5.69 Å². The first-order valence-electron chi connectivity index (χ1n) is 35.2. The highest BCUT2D eigenvalue weighted by atomic mass is 16.5. The summed E-state index contributed by atoms with van der Waals surface area (Å²) in [6.07, 6.45) is 9.86. The van der Waals surface area contributed by atoms with Crippen molar-refractivity contribution in [2.45, 2.75) is 199 Å². The minimum Gasteiger partial charge on any atom is -0.493 e. The summed E-state index contributed by atoms with van der Waals surface area (Å²) in [7, 11) is 6.20. The summed E-state index contributed by atoms with van der Waals surface area (Å²) in [5.74, 6) is -6.27. The van der Waals surface area contributed by atoms with E-state index in [0.29, 0.717) is 66.0 Å². The van der Waals surface area contributed by atoms with Crippen LogP contribution in [0.2, 0.25) is 0 Å². The second-order valence-corrected chi connectivity index (χ2v) is 27.6. The number of hydrogen-bond acceptors (Lipinski definition) is 15. The molecule has 2 saturated heterocycles. The van der Waals surface area contributed by atoms with E-state index in [9.17, 15) is 43.2 Å². The van der Waals surface area contributed by atoms with Crippen LogP contribution in [-0.4, -0.2) is 163 Å². The van der Waals surface area contributed by atoms with Crippen molar-refractivity contribution in [2.75, 3.05) is 59.9 Å². The van der Waals surface area contributed by atoms with Crippen LogP contribution in [0.1, 0.15) is 184 Å². The number of esters is 2. The van der Waals surface area contributed by atoms with E-state index in [-0.39, 0.29) is 101 Å². The molecular formula is C78H102N6O15. The quantitative estimate of drug-likeness (QED) is 0.0533. The highest BCUT2D eigenvalue weighted by Gasteiger charge is 2.44. The third-order valence-electron chi connectivity index (χ3n) is 18.9. The molecule has 6 amide bonds. The number of fused-ring (bicyclic) bond motifs is 4. The first-order valence-corrected chi connectivity index (χ1v) is 35.2. The molecule has 3 aliphatic heterocycles. The molecule has 2 bridgehead atoms. The standard InChI is InChI=1S/C78H102N6O15/c1-10-11-12-13-17-28-59(85)46-53-32-34-54(35-33-53)47-62-73(91)83-44-23-30-63(83)75(93)82(7)65(45-52(2)3)74(92)81(6)42-20-19-31-70(88)98-51-78(4,5)71(89)76(94)84-43-21-18-29-64(84)77(95)99-66(39-36-55-37-40-67(96-8)68(48-55)97-9)57-26-22-27-58(49-57)79-69(87)41-38-60(86)50-61(72(90)80-62)56-24-15-14-16-25-56/h14-16,19,22,24-27,31-35,37,40,48-49,52,61-66H,10-13,17-18,20-21,23,28-30,36,38-39,41-47,50-51H2,1-9H3,(H,79,87)(H,80,90)/t61-,62-,63+,64-,65-,66+/m0/s1. The van der Waals surface area contributed by atoms with Gasteiger partial charge in [0.2, 0.25) is 35.3 Å². The van der Waals surface area contributed by atoms with Crippen molar-refractivity contribution in [3.63, 3.8) is 0 Å². The van der Waals surface area contributed by atoms with Crippen molar-refractivity contribution in [3.8, 4) is 11.5 Å². The Bertz CT molecular complexity index is 3500. The van der Waals surface area contributed by atoms with Crippen LogP contribution in [0.15, 0.2) is 109 Å². The number of methoxy groups -OCH3 is 2. The Morgan fingerprint density at radius 3 is 2.10 bits per heavy atom. The average molecular weight is 1360 g/mol. The number of benzene rings is 4. The van der Waals surface area contributed by atoms with Gasteiger partial charge in [-0.2, -0.15) is 0 Å². The molecule has 0 saturated carbocycles. The number of amides is 6. The summed E-state index contributed by atoms with van der Waals surface area (Å²) >= 11 is 0. The largest absolute Gasteiger partial charge is 0.493 e. The van der Waals surface area contributed by atoms with Gasteiger partial charge in [-0.25, -0.2) is 9.59 Å². The minimum absolute atomic E-state index is 0.00933. The average Bonchev–Trinajstić information content (AvgIpc) is 1.78. The maximum absolute atomic E-state index is 15.3. The Morgan fingerprint density at radius 1 is 0.697 bits per heavy atom. The fourth-order valence-corrected chi connectivity index (χ4v) is 13.0. The molecule has 4 aromatic rings. The van der Waals surface area contributed by atoms with Gasteiger partial charge in [0.15, 0.2) is 11.5 Å². The van der Waals surface area contributed by atoms with Gasteiger partial charge in [-0.15, -0.1) is 0 Å². The van der Waals surface area contributed by atoms with Crippen molar-refractivity contribution in [2.24, 2.45) is 11.3 Å². The molecule has 2 N–H and O–H groups in total. The van der Waals surface area contributed by atoms with Crippen LogP contribution in [0, 0.1) is 11.3 Å². The van der Waals surface area contributed by atoms with E-state index in [0.717, 1.165) is 43.2 Å². The van der Waals surface area contributed by atoms with Gasteiger partial charge in [0.25, 0.3) is 5.91 Å². The van der Waals surface area contributed by atoms with E-state index >= 15 is 9.59 Å². The van der Waals surface area contributed by atoms with E-state index in [2.05, 4.69) is 17.6 Å². The highest BCUT2D eigenvalue weighted by Crippen LogP contribution is 2.34. The zero-order valence-electron chi connectivity index (χ0n) is 59.3. The first-order chi connectivity index (χ1) is 47.4.